The van der Waals surface area contributed by atoms with Gasteiger partial charge in [0.15, 0.2) is 5.25 Å². The van der Waals surface area contributed by atoms with Crippen LogP contribution in [0.4, 0.5) is 11.4 Å². The van der Waals surface area contributed by atoms with Crippen molar-refractivity contribution in [3.8, 4) is 0 Å². The summed E-state index contributed by atoms with van der Waals surface area (Å²) in [6.45, 7) is 3.94. The number of thioether (sulfide) groups is 1. The van der Waals surface area contributed by atoms with Crippen LogP contribution in [-0.2, 0) is 26.0 Å². The number of hydrogen-bond donors (Lipinski definition) is 1. The lowest BCUT2D eigenvalue weighted by Crippen LogP contribution is -2.47. The number of sulfonamides is 1. The van der Waals surface area contributed by atoms with Crippen LogP contribution in [0.3, 0.4) is 0 Å². The molecule has 2 amide bonds. The molecule has 0 aliphatic carbocycles. The molecule has 2 aromatic rings. The van der Waals surface area contributed by atoms with Gasteiger partial charge in [0.1, 0.15) is 0 Å². The molecule has 0 spiro atoms. The predicted octanol–water partition coefficient (Wildman–Crippen LogP) is 3.50. The lowest BCUT2D eigenvalue weighted by molar-refractivity contribution is -0.135. The van der Waals surface area contributed by atoms with E-state index in [4.69, 9.17) is 0 Å². The first-order chi connectivity index (χ1) is 15.8. The molecule has 3 aliphatic rings. The van der Waals surface area contributed by atoms with Crippen LogP contribution >= 0.6 is 11.8 Å². The molecule has 3 heterocycles. The van der Waals surface area contributed by atoms with E-state index in [-0.39, 0.29) is 10.8 Å². The van der Waals surface area contributed by atoms with Gasteiger partial charge in [-0.25, -0.2) is 8.42 Å². The maximum atomic E-state index is 13.5. The van der Waals surface area contributed by atoms with Gasteiger partial charge in [-0.05, 0) is 61.4 Å². The van der Waals surface area contributed by atoms with Crippen molar-refractivity contribution in [2.75, 3.05) is 29.3 Å². The van der Waals surface area contributed by atoms with E-state index in [1.807, 2.05) is 24.3 Å². The van der Waals surface area contributed by atoms with Crippen molar-refractivity contribution in [3.63, 3.8) is 0 Å². The zero-order valence-corrected chi connectivity index (χ0v) is 20.1. The van der Waals surface area contributed by atoms with Crippen LogP contribution in [0, 0.1) is 5.92 Å². The second-order valence-corrected chi connectivity index (χ2v) is 12.0. The summed E-state index contributed by atoms with van der Waals surface area (Å²) in [6.07, 6.45) is 3.50. The minimum Gasteiger partial charge on any atom is -0.341 e. The zero-order valence-electron chi connectivity index (χ0n) is 18.5. The first kappa shape index (κ1) is 22.3. The lowest BCUT2D eigenvalue weighted by atomic mass is 9.99. The topological polar surface area (TPSA) is 86.8 Å². The molecule has 33 heavy (non-hydrogen) atoms. The standard InChI is InChI=1S/C24H27N3O4S2/c1-16-10-13-26(14-11-16)24(29)22-23(28)25-19-15-18(8-9-21(19)32-22)33(30,31)27-12-4-6-17-5-2-3-7-20(17)27/h2-3,5,7-9,15-16,22H,4,6,10-14H2,1H3,(H,25,28). The molecule has 0 radical (unpaired) electrons. The average molecular weight is 486 g/mol. The quantitative estimate of drug-likeness (QED) is 0.673. The molecular weight excluding hydrogens is 458 g/mol. The second kappa shape index (κ2) is 8.68. The van der Waals surface area contributed by atoms with Crippen LogP contribution in [0.2, 0.25) is 0 Å². The third-order valence-corrected chi connectivity index (χ3v) is 9.74. The molecule has 1 saturated heterocycles. The third-order valence-electron chi connectivity index (χ3n) is 6.67. The molecule has 3 aliphatic heterocycles. The molecule has 1 N–H and O–H groups in total. The molecule has 0 saturated carbocycles. The largest absolute Gasteiger partial charge is 0.341 e. The van der Waals surface area contributed by atoms with Crippen LogP contribution in [-0.4, -0.2) is 50.0 Å². The van der Waals surface area contributed by atoms with Gasteiger partial charge in [-0.1, -0.05) is 25.1 Å². The summed E-state index contributed by atoms with van der Waals surface area (Å²) < 4.78 is 28.4. The SMILES string of the molecule is CC1CCN(C(=O)C2Sc3ccc(S(=O)(=O)N4CCCc5ccccc54)cc3NC2=O)CC1. The Kier molecular flexibility index (Phi) is 5.86. The molecule has 9 heteroatoms. The first-order valence-corrected chi connectivity index (χ1v) is 13.7. The number of anilines is 2. The molecule has 7 nitrogen and oxygen atoms in total. The number of carbonyl (C=O) groups excluding carboxylic acids is 2. The van der Waals surface area contributed by atoms with E-state index in [2.05, 4.69) is 12.2 Å². The van der Waals surface area contributed by atoms with Gasteiger partial charge in [0.2, 0.25) is 11.8 Å². The van der Waals surface area contributed by atoms with Crippen LogP contribution < -0.4 is 9.62 Å². The Morgan fingerprint density at radius 2 is 1.85 bits per heavy atom. The highest BCUT2D eigenvalue weighted by atomic mass is 32.2. The monoisotopic (exact) mass is 485 g/mol. The molecule has 1 unspecified atom stereocenters. The van der Waals surface area contributed by atoms with Crippen LogP contribution in [0.1, 0.15) is 31.7 Å². The van der Waals surface area contributed by atoms with Gasteiger partial charge < -0.3 is 10.2 Å². The Morgan fingerprint density at radius 1 is 1.09 bits per heavy atom. The number of likely N-dealkylation sites (tertiary alicyclic amines) is 1. The highest BCUT2D eigenvalue weighted by molar-refractivity contribution is 8.01. The summed E-state index contributed by atoms with van der Waals surface area (Å²) in [7, 11) is -3.78. The molecule has 0 bridgehead atoms. The lowest BCUT2D eigenvalue weighted by Gasteiger charge is -2.34. The highest BCUT2D eigenvalue weighted by Gasteiger charge is 2.38. The van der Waals surface area contributed by atoms with Gasteiger partial charge in [-0.2, -0.15) is 0 Å². The maximum absolute atomic E-state index is 13.5. The summed E-state index contributed by atoms with van der Waals surface area (Å²) >= 11 is 1.20. The number of benzene rings is 2. The third kappa shape index (κ3) is 4.12. The molecular formula is C24H27N3O4S2. The summed E-state index contributed by atoms with van der Waals surface area (Å²) in [6, 6.07) is 12.3. The number of carbonyl (C=O) groups is 2. The Hall–Kier alpha value is -2.52. The summed E-state index contributed by atoms with van der Waals surface area (Å²) in [5, 5.41) is 1.94. The number of fused-ring (bicyclic) bond motifs is 2. The van der Waals surface area contributed by atoms with Crippen molar-refractivity contribution >= 4 is 45.0 Å². The first-order valence-electron chi connectivity index (χ1n) is 11.4. The van der Waals surface area contributed by atoms with E-state index in [0.29, 0.717) is 41.8 Å². The molecule has 2 aromatic carbocycles. The van der Waals surface area contributed by atoms with E-state index < -0.39 is 21.2 Å². The normalized spacial score (nSPS) is 21.2. The number of nitrogens with one attached hydrogen (secondary N) is 1. The number of amides is 2. The summed E-state index contributed by atoms with van der Waals surface area (Å²) in [5.41, 5.74) is 2.16. The molecule has 5 rings (SSSR count). The van der Waals surface area contributed by atoms with E-state index in [1.54, 1.807) is 17.0 Å². The molecule has 0 aromatic heterocycles. The predicted molar refractivity (Wildman–Crippen MR) is 129 cm³/mol. The summed E-state index contributed by atoms with van der Waals surface area (Å²) in [4.78, 5) is 28.4. The maximum Gasteiger partial charge on any atom is 0.264 e. The fourth-order valence-corrected chi connectivity index (χ4v) is 7.30. The van der Waals surface area contributed by atoms with Crippen LogP contribution in [0.25, 0.3) is 0 Å². The van der Waals surface area contributed by atoms with Crippen molar-refractivity contribution in [2.45, 2.75) is 47.6 Å². The zero-order chi connectivity index (χ0) is 23.2. The van der Waals surface area contributed by atoms with Crippen LogP contribution in [0.5, 0.6) is 0 Å². The van der Waals surface area contributed by atoms with E-state index in [0.717, 1.165) is 31.2 Å². The highest BCUT2D eigenvalue weighted by Crippen LogP contribution is 2.39. The smallest absolute Gasteiger partial charge is 0.264 e. The Labute approximate surface area is 198 Å². The van der Waals surface area contributed by atoms with Crippen molar-refractivity contribution < 1.29 is 18.0 Å². The molecule has 1 atom stereocenters. The van der Waals surface area contributed by atoms with Gasteiger partial charge in [-0.15, -0.1) is 11.8 Å². The number of rotatable bonds is 3. The van der Waals surface area contributed by atoms with E-state index in [9.17, 15) is 18.0 Å². The van der Waals surface area contributed by atoms with Crippen molar-refractivity contribution in [2.24, 2.45) is 5.92 Å². The minimum absolute atomic E-state index is 0.133. The number of hydrogen-bond acceptors (Lipinski definition) is 5. The van der Waals surface area contributed by atoms with E-state index in [1.165, 1.54) is 22.1 Å². The summed E-state index contributed by atoms with van der Waals surface area (Å²) in [5.74, 6) is 0.0283. The Morgan fingerprint density at radius 3 is 2.64 bits per heavy atom. The van der Waals surface area contributed by atoms with Gasteiger partial charge in [0.25, 0.3) is 10.0 Å². The van der Waals surface area contributed by atoms with Crippen molar-refractivity contribution in [3.05, 3.63) is 48.0 Å². The van der Waals surface area contributed by atoms with E-state index >= 15 is 0 Å². The van der Waals surface area contributed by atoms with Crippen LogP contribution in [0.15, 0.2) is 52.3 Å². The Balaban J connectivity index is 1.39. The number of aryl methyl sites for hydroxylation is 1. The van der Waals surface area contributed by atoms with Gasteiger partial charge >= 0.3 is 0 Å². The van der Waals surface area contributed by atoms with Gasteiger partial charge in [0, 0.05) is 24.5 Å². The average Bonchev–Trinajstić information content (AvgIpc) is 2.83. The number of piperidine rings is 1. The van der Waals surface area contributed by atoms with Crippen molar-refractivity contribution in [1.29, 1.82) is 0 Å². The van der Waals surface area contributed by atoms with Gasteiger partial charge in [-0.3, -0.25) is 13.9 Å². The fraction of sp³-hybridized carbons (Fsp3) is 0.417. The van der Waals surface area contributed by atoms with Crippen molar-refractivity contribution in [1.82, 2.24) is 4.90 Å². The minimum atomic E-state index is -3.78. The number of para-hydroxylation sites is 1. The molecule has 174 valence electrons. The fourth-order valence-electron chi connectivity index (χ4n) is 4.68. The van der Waals surface area contributed by atoms with Gasteiger partial charge in [0.05, 0.1) is 16.3 Å². The Bertz CT molecular complexity index is 1210. The molecule has 1 fully saturated rings. The second-order valence-electron chi connectivity index (χ2n) is 8.96. The number of nitrogens with zero attached hydrogens (tertiary/aromatic N) is 2.